The smallest absolute Gasteiger partial charge is 0.278 e. The number of carbonyl (C=O) groups excluding carboxylic acids is 2. The summed E-state index contributed by atoms with van der Waals surface area (Å²) in [4.78, 5) is 56.8. The second-order valence-electron chi connectivity index (χ2n) is 16.6. The van der Waals surface area contributed by atoms with E-state index in [1.165, 1.54) is 11.3 Å². The molecule has 6 heterocycles. The summed E-state index contributed by atoms with van der Waals surface area (Å²) in [5.74, 6) is 2.36. The lowest BCUT2D eigenvalue weighted by atomic mass is 9.90. The van der Waals surface area contributed by atoms with Crippen LogP contribution in [0.15, 0.2) is 84.3 Å². The third-order valence-electron chi connectivity index (χ3n) is 12.8. The SMILES string of the molecule is C=CCn1c(=O)c2cnc(Nc3ccc(N4CCC(CN5CCC(Oc6ccc(C7CCC(=O)NC7=O)cc6)CC5)CC4)cc3)nc2n1-c1ccc2c(n1)C(CC)CC2.CC. The summed E-state index contributed by atoms with van der Waals surface area (Å²) >= 11 is 0. The molecular formula is C48H59N9O4. The molecule has 13 heteroatoms. The van der Waals surface area contributed by atoms with E-state index in [1.807, 2.05) is 48.9 Å². The maximum absolute atomic E-state index is 13.5. The first-order valence-electron chi connectivity index (χ1n) is 22.4. The van der Waals surface area contributed by atoms with E-state index < -0.39 is 0 Å². The van der Waals surface area contributed by atoms with Crippen molar-refractivity contribution in [3.63, 3.8) is 0 Å². The number of aromatic nitrogens is 5. The maximum Gasteiger partial charge on any atom is 0.278 e. The number of rotatable bonds is 12. The fourth-order valence-electron chi connectivity index (χ4n) is 9.46. The van der Waals surface area contributed by atoms with E-state index >= 15 is 0 Å². The van der Waals surface area contributed by atoms with Gasteiger partial charge in [0.25, 0.3) is 5.56 Å². The molecule has 0 spiro atoms. The average molecular weight is 826 g/mol. The molecule has 0 saturated carbocycles. The Bertz CT molecular complexity index is 2390. The van der Waals surface area contributed by atoms with Crippen LogP contribution in [0.25, 0.3) is 16.9 Å². The summed E-state index contributed by atoms with van der Waals surface area (Å²) in [5.41, 5.74) is 5.76. The maximum atomic E-state index is 13.5. The highest BCUT2D eigenvalue weighted by molar-refractivity contribution is 6.00. The lowest BCUT2D eigenvalue weighted by molar-refractivity contribution is -0.134. The van der Waals surface area contributed by atoms with Crippen LogP contribution in [0.1, 0.15) is 101 Å². The number of nitrogens with zero attached hydrogens (tertiary/aromatic N) is 7. The van der Waals surface area contributed by atoms with Crippen LogP contribution >= 0.6 is 0 Å². The predicted octanol–water partition coefficient (Wildman–Crippen LogP) is 7.65. The molecule has 3 fully saturated rings. The molecule has 0 radical (unpaired) electrons. The summed E-state index contributed by atoms with van der Waals surface area (Å²) in [6.07, 6.45) is 11.9. The van der Waals surface area contributed by atoms with Gasteiger partial charge < -0.3 is 19.9 Å². The van der Waals surface area contributed by atoms with Crippen molar-refractivity contribution in [3.8, 4) is 11.6 Å². The second kappa shape index (κ2) is 18.8. The van der Waals surface area contributed by atoms with Crippen molar-refractivity contribution in [2.75, 3.05) is 42.9 Å². The van der Waals surface area contributed by atoms with Crippen molar-refractivity contribution in [1.29, 1.82) is 0 Å². The summed E-state index contributed by atoms with van der Waals surface area (Å²) in [6, 6.07) is 20.4. The van der Waals surface area contributed by atoms with E-state index in [1.54, 1.807) is 17.0 Å². The van der Waals surface area contributed by atoms with Crippen molar-refractivity contribution < 1.29 is 14.3 Å². The normalized spacial score (nSPS) is 19.9. The van der Waals surface area contributed by atoms with Crippen molar-refractivity contribution in [2.24, 2.45) is 5.92 Å². The van der Waals surface area contributed by atoms with Crippen LogP contribution in [0.2, 0.25) is 0 Å². The summed E-state index contributed by atoms with van der Waals surface area (Å²) in [5, 5.41) is 6.25. The number of fused-ring (bicyclic) bond motifs is 2. The number of imide groups is 1. The van der Waals surface area contributed by atoms with Gasteiger partial charge in [0, 0.05) is 68.3 Å². The molecule has 2 aromatic carbocycles. The Morgan fingerprint density at radius 3 is 2.33 bits per heavy atom. The van der Waals surface area contributed by atoms with E-state index in [2.05, 4.69) is 69.3 Å². The lowest BCUT2D eigenvalue weighted by Crippen LogP contribution is -2.43. The number of ether oxygens (including phenoxy) is 1. The van der Waals surface area contributed by atoms with E-state index in [-0.39, 0.29) is 29.4 Å². The number of carbonyl (C=O) groups is 2. The fourth-order valence-corrected chi connectivity index (χ4v) is 9.46. The minimum absolute atomic E-state index is 0.169. The van der Waals surface area contributed by atoms with Crippen LogP contribution in [0.4, 0.5) is 17.3 Å². The second-order valence-corrected chi connectivity index (χ2v) is 16.6. The van der Waals surface area contributed by atoms with Gasteiger partial charge in [-0.3, -0.25) is 19.7 Å². The van der Waals surface area contributed by atoms with Crippen LogP contribution in [0.5, 0.6) is 5.75 Å². The number of hydrogen-bond donors (Lipinski definition) is 2. The highest BCUT2D eigenvalue weighted by atomic mass is 16.5. The standard InChI is InChI=1S/C46H53N9O4.C2H6/c1-3-23-54-45(58)39-28-47-46(51-43(39)55(54)40-17-9-33-6-5-31(4-2)42(33)49-40)48-34-10-12-35(13-11-34)53-26-19-30(20-27-53)29-52-24-21-37(22-25-52)59-36-14-7-32(8-15-36)38-16-18-41(56)50-44(38)57;1-2/h3,7-15,17,28,30-31,37-38H,1,4-6,16,18-27,29H2,2H3,(H,47,48,51)(H,50,56,57);1-2H3. The van der Waals surface area contributed by atoms with Gasteiger partial charge >= 0.3 is 0 Å². The van der Waals surface area contributed by atoms with Gasteiger partial charge in [-0.2, -0.15) is 4.98 Å². The van der Waals surface area contributed by atoms with Gasteiger partial charge in [0.1, 0.15) is 17.2 Å². The number of hydrogen-bond acceptors (Lipinski definition) is 10. The third kappa shape index (κ3) is 9.12. The Labute approximate surface area is 358 Å². The average Bonchev–Trinajstić information content (AvgIpc) is 3.83. The highest BCUT2D eigenvalue weighted by Gasteiger charge is 2.29. The number of allylic oxidation sites excluding steroid dienone is 1. The zero-order chi connectivity index (χ0) is 42.5. The Morgan fingerprint density at radius 2 is 1.62 bits per heavy atom. The number of nitrogens with one attached hydrogen (secondary N) is 2. The Hall–Kier alpha value is -5.82. The van der Waals surface area contributed by atoms with Crippen molar-refractivity contribution >= 4 is 40.2 Å². The first kappa shape index (κ1) is 41.9. The van der Waals surface area contributed by atoms with Gasteiger partial charge in [0.05, 0.1) is 12.5 Å². The van der Waals surface area contributed by atoms with Crippen LogP contribution < -0.4 is 25.8 Å². The molecule has 3 aliphatic heterocycles. The molecular weight excluding hydrogens is 767 g/mol. The Morgan fingerprint density at radius 1 is 0.869 bits per heavy atom. The van der Waals surface area contributed by atoms with Crippen LogP contribution in [0, 0.1) is 5.92 Å². The molecule has 3 saturated heterocycles. The summed E-state index contributed by atoms with van der Waals surface area (Å²) in [6.45, 7) is 15.7. The molecule has 2 amide bonds. The van der Waals surface area contributed by atoms with E-state index in [0.717, 1.165) is 100 Å². The molecule has 3 aromatic heterocycles. The molecule has 4 aliphatic rings. The minimum Gasteiger partial charge on any atom is -0.490 e. The molecule has 0 bridgehead atoms. The first-order chi connectivity index (χ1) is 29.8. The quantitative estimate of drug-likeness (QED) is 0.0953. The van der Waals surface area contributed by atoms with E-state index in [4.69, 9.17) is 14.7 Å². The molecule has 1 aliphatic carbocycles. The summed E-state index contributed by atoms with van der Waals surface area (Å²) in [7, 11) is 0. The first-order valence-corrected chi connectivity index (χ1v) is 22.4. The van der Waals surface area contributed by atoms with E-state index in [9.17, 15) is 14.4 Å². The predicted molar refractivity (Wildman–Crippen MR) is 240 cm³/mol. The topological polar surface area (TPSA) is 140 Å². The molecule has 9 rings (SSSR count). The van der Waals surface area contributed by atoms with Gasteiger partial charge in [-0.1, -0.05) is 45.0 Å². The number of amides is 2. The molecule has 320 valence electrons. The molecule has 2 unspecified atom stereocenters. The molecule has 13 nitrogen and oxygen atoms in total. The van der Waals surface area contributed by atoms with Gasteiger partial charge in [-0.15, -0.1) is 6.58 Å². The molecule has 2 atom stereocenters. The zero-order valence-electron chi connectivity index (χ0n) is 35.8. The van der Waals surface area contributed by atoms with Crippen LogP contribution in [-0.4, -0.2) is 79.9 Å². The van der Waals surface area contributed by atoms with Crippen molar-refractivity contribution in [2.45, 2.75) is 103 Å². The Balaban J connectivity index is 0.00000253. The highest BCUT2D eigenvalue weighted by Crippen LogP contribution is 2.35. The number of anilines is 3. The molecule has 61 heavy (non-hydrogen) atoms. The summed E-state index contributed by atoms with van der Waals surface area (Å²) < 4.78 is 9.78. The molecule has 5 aromatic rings. The minimum atomic E-state index is -0.275. The van der Waals surface area contributed by atoms with Crippen LogP contribution in [0.3, 0.4) is 0 Å². The number of likely N-dealkylation sites (tertiary alicyclic amines) is 1. The zero-order valence-corrected chi connectivity index (χ0v) is 35.8. The van der Waals surface area contributed by atoms with Crippen LogP contribution in [-0.2, 0) is 22.6 Å². The number of pyridine rings is 1. The van der Waals surface area contributed by atoms with Gasteiger partial charge in [0.15, 0.2) is 11.5 Å². The number of aryl methyl sites for hydroxylation is 1. The largest absolute Gasteiger partial charge is 0.490 e. The monoisotopic (exact) mass is 825 g/mol. The van der Waals surface area contributed by atoms with Gasteiger partial charge in [-0.25, -0.2) is 19.3 Å². The molecule has 2 N–H and O–H groups in total. The van der Waals surface area contributed by atoms with Gasteiger partial charge in [-0.05, 0) is 111 Å². The fraction of sp³-hybridized carbons (Fsp3) is 0.458. The van der Waals surface area contributed by atoms with Crippen molar-refractivity contribution in [3.05, 3.63) is 107 Å². The third-order valence-corrected chi connectivity index (χ3v) is 12.8. The number of piperidine rings is 3. The van der Waals surface area contributed by atoms with Gasteiger partial charge in [0.2, 0.25) is 17.8 Å². The lowest BCUT2D eigenvalue weighted by Gasteiger charge is -2.38. The Kier molecular flexibility index (Phi) is 12.9. The van der Waals surface area contributed by atoms with E-state index in [0.29, 0.717) is 54.0 Å². The van der Waals surface area contributed by atoms with Crippen molar-refractivity contribution in [1.82, 2.24) is 34.5 Å². The number of benzene rings is 2.